The normalized spacial score (nSPS) is 13.4. The fraction of sp³-hybridized carbons (Fsp3) is 0.200. The number of para-hydroxylation sites is 2. The Morgan fingerprint density at radius 2 is 1.73 bits per heavy atom. The lowest BCUT2D eigenvalue weighted by Gasteiger charge is -2.16. The van der Waals surface area contributed by atoms with Crippen LogP contribution >= 0.6 is 0 Å². The zero-order chi connectivity index (χ0) is 34.8. The summed E-state index contributed by atoms with van der Waals surface area (Å²) >= 11 is 0. The molecule has 0 spiro atoms. The molecule has 1 atom stereocenters. The molecule has 1 aliphatic rings. The number of carbonyl (C=O) groups excluding carboxylic acids is 4. The number of nitrogens with one attached hydrogen (secondary N) is 3. The zero-order valence-electron chi connectivity index (χ0n) is 26.6. The van der Waals surface area contributed by atoms with E-state index in [-0.39, 0.29) is 34.7 Å². The minimum atomic E-state index is -1.07. The summed E-state index contributed by atoms with van der Waals surface area (Å²) in [4.78, 5) is 57.4. The maximum absolute atomic E-state index is 13.9. The van der Waals surface area contributed by atoms with Gasteiger partial charge < -0.3 is 25.4 Å². The largest absolute Gasteiger partial charge is 0.495 e. The second-order valence-electron chi connectivity index (χ2n) is 11.3. The molecule has 0 saturated heterocycles. The number of anilines is 1. The van der Waals surface area contributed by atoms with Gasteiger partial charge in [0.05, 0.1) is 37.7 Å². The van der Waals surface area contributed by atoms with Gasteiger partial charge in [-0.1, -0.05) is 24.3 Å². The van der Waals surface area contributed by atoms with E-state index in [0.29, 0.717) is 29.8 Å². The Labute approximate surface area is 278 Å². The maximum Gasteiger partial charge on any atom is 0.338 e. The molecule has 12 nitrogen and oxygen atoms in total. The number of ether oxygens (including phenoxy) is 2. The summed E-state index contributed by atoms with van der Waals surface area (Å²) < 4.78 is 38.6. The summed E-state index contributed by atoms with van der Waals surface area (Å²) in [7, 11) is 2.77. The second kappa shape index (κ2) is 13.5. The van der Waals surface area contributed by atoms with Crippen LogP contribution in [0.2, 0.25) is 0 Å². The maximum atomic E-state index is 13.9. The van der Waals surface area contributed by atoms with Gasteiger partial charge in [0.2, 0.25) is 0 Å². The Hall–Kier alpha value is -6.18. The summed E-state index contributed by atoms with van der Waals surface area (Å²) in [6.45, 7) is 1.66. The van der Waals surface area contributed by atoms with Gasteiger partial charge in [-0.25, -0.2) is 23.1 Å². The van der Waals surface area contributed by atoms with Gasteiger partial charge in [0.1, 0.15) is 22.7 Å². The minimum Gasteiger partial charge on any atom is -0.495 e. The molecule has 6 rings (SSSR count). The topological polar surface area (TPSA) is 153 Å². The first-order valence-electron chi connectivity index (χ1n) is 15.2. The number of amides is 3. The minimum absolute atomic E-state index is 0.0348. The van der Waals surface area contributed by atoms with Gasteiger partial charge in [-0.15, -0.1) is 0 Å². The molecule has 3 N–H and O–H groups in total. The summed E-state index contributed by atoms with van der Waals surface area (Å²) in [5.41, 5.74) is 3.22. The van der Waals surface area contributed by atoms with E-state index in [1.807, 2.05) is 6.92 Å². The molecule has 0 aliphatic heterocycles. The third-order valence-electron chi connectivity index (χ3n) is 8.38. The first-order chi connectivity index (χ1) is 23.6. The van der Waals surface area contributed by atoms with Crippen molar-refractivity contribution in [2.45, 2.75) is 32.4 Å². The lowest BCUT2D eigenvalue weighted by atomic mass is 9.98. The number of hydrogen-bond acceptors (Lipinski definition) is 8. The van der Waals surface area contributed by atoms with E-state index in [4.69, 9.17) is 9.47 Å². The highest BCUT2D eigenvalue weighted by atomic mass is 19.2. The van der Waals surface area contributed by atoms with E-state index in [1.165, 1.54) is 37.1 Å². The predicted molar refractivity (Wildman–Crippen MR) is 173 cm³/mol. The van der Waals surface area contributed by atoms with Gasteiger partial charge in [-0.2, -0.15) is 5.10 Å². The Bertz CT molecular complexity index is 2150. The number of nitrogens with zero attached hydrogens (tertiary/aromatic N) is 3. The van der Waals surface area contributed by atoms with Crippen LogP contribution in [0.4, 0.5) is 14.5 Å². The SMILES string of the molecule is COC(=O)c1ccc2c(c1C)CC[C@@H]2NC(=O)c1cc(C(=O)NCc2ccc(F)c(F)c2)nc2c(C(=O)Nc3ccccc3OC)cnn12. The molecule has 1 aliphatic carbocycles. The monoisotopic (exact) mass is 668 g/mol. The number of esters is 1. The fourth-order valence-electron chi connectivity index (χ4n) is 5.85. The van der Waals surface area contributed by atoms with Crippen molar-refractivity contribution >= 4 is 35.0 Å². The molecule has 0 radical (unpaired) electrons. The molecule has 0 bridgehead atoms. The molecular weight excluding hydrogens is 638 g/mol. The van der Waals surface area contributed by atoms with Crippen molar-refractivity contribution in [1.82, 2.24) is 25.2 Å². The van der Waals surface area contributed by atoms with Crippen molar-refractivity contribution in [3.63, 3.8) is 0 Å². The van der Waals surface area contributed by atoms with E-state index >= 15 is 0 Å². The number of fused-ring (bicyclic) bond motifs is 2. The van der Waals surface area contributed by atoms with Crippen molar-refractivity contribution in [2.24, 2.45) is 0 Å². The predicted octanol–water partition coefficient (Wildman–Crippen LogP) is 4.71. The van der Waals surface area contributed by atoms with Gasteiger partial charge in [0.25, 0.3) is 17.7 Å². The number of benzene rings is 3. The highest BCUT2D eigenvalue weighted by Crippen LogP contribution is 2.35. The lowest BCUT2D eigenvalue weighted by molar-refractivity contribution is 0.0599. The van der Waals surface area contributed by atoms with Crippen LogP contribution in [0.1, 0.15) is 76.4 Å². The fourth-order valence-corrected chi connectivity index (χ4v) is 5.85. The highest BCUT2D eigenvalue weighted by molar-refractivity contribution is 6.09. The van der Waals surface area contributed by atoms with Gasteiger partial charge in [0.15, 0.2) is 17.3 Å². The molecule has 2 heterocycles. The molecule has 49 heavy (non-hydrogen) atoms. The summed E-state index contributed by atoms with van der Waals surface area (Å²) in [5, 5.41) is 12.6. The summed E-state index contributed by atoms with van der Waals surface area (Å²) in [5.74, 6) is -4.11. The van der Waals surface area contributed by atoms with Crippen molar-refractivity contribution in [3.05, 3.63) is 123 Å². The quantitative estimate of drug-likeness (QED) is 0.191. The lowest BCUT2D eigenvalue weighted by Crippen LogP contribution is -2.31. The van der Waals surface area contributed by atoms with Gasteiger partial charge in [-0.3, -0.25) is 14.4 Å². The average molecular weight is 669 g/mol. The Morgan fingerprint density at radius 1 is 0.939 bits per heavy atom. The van der Waals surface area contributed by atoms with Gasteiger partial charge in [0, 0.05) is 12.6 Å². The van der Waals surface area contributed by atoms with Crippen molar-refractivity contribution in [1.29, 1.82) is 0 Å². The first kappa shape index (κ1) is 32.7. The van der Waals surface area contributed by atoms with Crippen LogP contribution in [0.3, 0.4) is 0 Å². The standard InChI is InChI=1S/C35H30F2N6O6/c1-18-20-11-13-26(22(20)10-9-21(18)35(47)49-3)41-34(46)29-15-28(33(45)38-16-19-8-12-24(36)25(37)14-19)40-31-23(17-39-43(29)31)32(44)42-27-6-4-5-7-30(27)48-2/h4-10,12,14-15,17,26H,11,13,16H2,1-3H3,(H,38,45)(H,41,46)(H,42,44)/t26-/m0/s1. The zero-order valence-corrected chi connectivity index (χ0v) is 26.6. The van der Waals surface area contributed by atoms with E-state index in [2.05, 4.69) is 26.0 Å². The van der Waals surface area contributed by atoms with Crippen LogP contribution in [0.15, 0.2) is 66.9 Å². The smallest absolute Gasteiger partial charge is 0.338 e. The third-order valence-corrected chi connectivity index (χ3v) is 8.38. The number of rotatable bonds is 9. The summed E-state index contributed by atoms with van der Waals surface area (Å²) in [6.07, 6.45) is 2.39. The van der Waals surface area contributed by atoms with Crippen molar-refractivity contribution in [2.75, 3.05) is 19.5 Å². The average Bonchev–Trinajstić information content (AvgIpc) is 3.73. The van der Waals surface area contributed by atoms with E-state index < -0.39 is 41.4 Å². The van der Waals surface area contributed by atoms with E-state index in [9.17, 15) is 28.0 Å². The number of aromatic nitrogens is 3. The molecule has 5 aromatic rings. The first-order valence-corrected chi connectivity index (χ1v) is 15.2. The molecule has 0 saturated carbocycles. The van der Waals surface area contributed by atoms with Crippen LogP contribution in [-0.4, -0.2) is 52.5 Å². The molecule has 0 unspecified atom stereocenters. The Kier molecular flexibility index (Phi) is 9.03. The number of methoxy groups -OCH3 is 2. The van der Waals surface area contributed by atoms with Crippen LogP contribution in [0, 0.1) is 18.6 Å². The Balaban J connectivity index is 1.34. The molecule has 0 fully saturated rings. The van der Waals surface area contributed by atoms with Crippen LogP contribution < -0.4 is 20.7 Å². The Morgan fingerprint density at radius 3 is 2.49 bits per heavy atom. The van der Waals surface area contributed by atoms with E-state index in [1.54, 1.807) is 36.4 Å². The van der Waals surface area contributed by atoms with E-state index in [0.717, 1.165) is 28.8 Å². The number of halogens is 2. The van der Waals surface area contributed by atoms with Gasteiger partial charge in [-0.05, 0) is 72.4 Å². The van der Waals surface area contributed by atoms with Crippen molar-refractivity contribution in [3.8, 4) is 5.75 Å². The summed E-state index contributed by atoms with van der Waals surface area (Å²) in [6, 6.07) is 14.2. The molecule has 2 aromatic heterocycles. The highest BCUT2D eigenvalue weighted by Gasteiger charge is 2.30. The third kappa shape index (κ3) is 6.40. The van der Waals surface area contributed by atoms with Crippen LogP contribution in [0.25, 0.3) is 5.65 Å². The molecule has 3 amide bonds. The molecular formula is C35H30F2N6O6. The molecule has 14 heteroatoms. The number of carbonyl (C=O) groups is 4. The van der Waals surface area contributed by atoms with Crippen LogP contribution in [-0.2, 0) is 17.7 Å². The second-order valence-corrected chi connectivity index (χ2v) is 11.3. The molecule has 250 valence electrons. The van der Waals surface area contributed by atoms with Crippen molar-refractivity contribution < 1.29 is 37.4 Å². The van der Waals surface area contributed by atoms with Gasteiger partial charge >= 0.3 is 5.97 Å². The molecule has 3 aromatic carbocycles. The number of hydrogen-bond donors (Lipinski definition) is 3. The van der Waals surface area contributed by atoms with Crippen LogP contribution in [0.5, 0.6) is 5.75 Å².